The van der Waals surface area contributed by atoms with Gasteiger partial charge in [0.05, 0.1) is 6.21 Å². The van der Waals surface area contributed by atoms with Crippen LogP contribution in [-0.2, 0) is 0 Å². The van der Waals surface area contributed by atoms with Crippen LogP contribution in [0.3, 0.4) is 0 Å². The first kappa shape index (κ1) is 17.5. The lowest BCUT2D eigenvalue weighted by molar-refractivity contribution is 0.872. The highest BCUT2D eigenvalue weighted by atomic mass is 32.1. The molecule has 0 fully saturated rings. The first-order chi connectivity index (χ1) is 14.2. The first-order valence-corrected chi connectivity index (χ1v) is 9.81. The van der Waals surface area contributed by atoms with E-state index >= 15 is 0 Å². The molecule has 0 atom stereocenters. The zero-order valence-electron chi connectivity index (χ0n) is 15.8. The topological polar surface area (TPSA) is 46.0 Å². The van der Waals surface area contributed by atoms with Crippen molar-refractivity contribution < 1.29 is 0 Å². The van der Waals surface area contributed by atoms with Gasteiger partial charge in [0.2, 0.25) is 4.77 Å². The third-order valence-corrected chi connectivity index (χ3v) is 5.34. The molecule has 0 aliphatic carbocycles. The molecule has 5 aromatic rings. The molecule has 0 saturated carbocycles. The third-order valence-electron chi connectivity index (χ3n) is 5.08. The van der Waals surface area contributed by atoms with Gasteiger partial charge in [-0.25, -0.2) is 5.10 Å². The summed E-state index contributed by atoms with van der Waals surface area (Å²) < 4.78 is 2.14. The van der Waals surface area contributed by atoms with Crippen LogP contribution in [0.15, 0.2) is 84.0 Å². The van der Waals surface area contributed by atoms with Gasteiger partial charge in [0.25, 0.3) is 0 Å². The quantitative estimate of drug-likeness (QED) is 0.228. The SMILES string of the molecule is Cc1ccc(-c2n[nH]c(=S)n2N=Cc2c3ccccc3cc3ccccc23)cc1. The summed E-state index contributed by atoms with van der Waals surface area (Å²) in [4.78, 5) is 0. The molecule has 0 radical (unpaired) electrons. The Morgan fingerprint density at radius 1 is 0.897 bits per heavy atom. The lowest BCUT2D eigenvalue weighted by Crippen LogP contribution is -1.96. The van der Waals surface area contributed by atoms with Crippen LogP contribution in [0.25, 0.3) is 32.9 Å². The van der Waals surface area contributed by atoms with Crippen LogP contribution in [0.4, 0.5) is 0 Å². The summed E-state index contributed by atoms with van der Waals surface area (Å²) in [6, 6.07) is 27.1. The molecule has 0 aliphatic rings. The van der Waals surface area contributed by atoms with Crippen molar-refractivity contribution in [2.45, 2.75) is 6.92 Å². The van der Waals surface area contributed by atoms with Gasteiger partial charge >= 0.3 is 0 Å². The standard InChI is InChI=1S/C24H18N4S/c1-16-10-12-17(13-11-16)23-26-27-24(29)28(23)25-15-22-20-8-4-2-6-18(20)14-19-7-3-5-9-21(19)22/h2-15H,1H3,(H,27,29). The van der Waals surface area contributed by atoms with E-state index in [9.17, 15) is 0 Å². The van der Waals surface area contributed by atoms with Crippen molar-refractivity contribution in [2.75, 3.05) is 0 Å². The Morgan fingerprint density at radius 3 is 2.17 bits per heavy atom. The molecule has 0 spiro atoms. The Labute approximate surface area is 173 Å². The van der Waals surface area contributed by atoms with Crippen LogP contribution in [0.2, 0.25) is 0 Å². The van der Waals surface area contributed by atoms with E-state index in [-0.39, 0.29) is 0 Å². The molecule has 140 valence electrons. The molecule has 0 bridgehead atoms. The Morgan fingerprint density at radius 2 is 1.52 bits per heavy atom. The molecule has 1 heterocycles. The van der Waals surface area contributed by atoms with Crippen molar-refractivity contribution in [3.63, 3.8) is 0 Å². The number of benzene rings is 4. The maximum absolute atomic E-state index is 5.44. The van der Waals surface area contributed by atoms with Gasteiger partial charge in [0, 0.05) is 11.1 Å². The molecule has 1 aromatic heterocycles. The Balaban J connectivity index is 1.70. The molecule has 0 unspecified atom stereocenters. The zero-order chi connectivity index (χ0) is 19.8. The fraction of sp³-hybridized carbons (Fsp3) is 0.0417. The average molecular weight is 395 g/mol. The van der Waals surface area contributed by atoms with E-state index in [1.807, 2.05) is 18.3 Å². The average Bonchev–Trinajstić information content (AvgIpc) is 3.12. The monoisotopic (exact) mass is 394 g/mol. The molecule has 5 rings (SSSR count). The van der Waals surface area contributed by atoms with Crippen molar-refractivity contribution in [1.29, 1.82) is 0 Å². The summed E-state index contributed by atoms with van der Waals surface area (Å²) in [5, 5.41) is 16.7. The number of fused-ring (bicyclic) bond motifs is 2. The predicted octanol–water partition coefficient (Wildman–Crippen LogP) is 6.10. The molecular formula is C24H18N4S. The van der Waals surface area contributed by atoms with Crippen LogP contribution < -0.4 is 0 Å². The smallest absolute Gasteiger partial charge is 0.216 e. The van der Waals surface area contributed by atoms with E-state index in [1.54, 1.807) is 4.68 Å². The molecule has 0 amide bonds. The van der Waals surface area contributed by atoms with Crippen LogP contribution in [0.1, 0.15) is 11.1 Å². The second-order valence-corrected chi connectivity index (χ2v) is 7.39. The fourth-order valence-corrected chi connectivity index (χ4v) is 3.77. The van der Waals surface area contributed by atoms with Gasteiger partial charge < -0.3 is 0 Å². The molecule has 0 saturated heterocycles. The minimum absolute atomic E-state index is 0.460. The largest absolute Gasteiger partial charge is 0.250 e. The maximum Gasteiger partial charge on any atom is 0.216 e. The number of nitrogens with one attached hydrogen (secondary N) is 1. The number of nitrogens with zero attached hydrogens (tertiary/aromatic N) is 3. The number of rotatable bonds is 3. The van der Waals surface area contributed by atoms with Gasteiger partial charge in [-0.15, -0.1) is 0 Å². The summed E-state index contributed by atoms with van der Waals surface area (Å²) in [7, 11) is 0. The third kappa shape index (κ3) is 3.15. The highest BCUT2D eigenvalue weighted by Gasteiger charge is 2.09. The Hall–Kier alpha value is -3.57. The number of hydrogen-bond donors (Lipinski definition) is 1. The van der Waals surface area contributed by atoms with E-state index in [1.165, 1.54) is 16.3 Å². The van der Waals surface area contributed by atoms with E-state index in [0.717, 1.165) is 21.9 Å². The molecule has 29 heavy (non-hydrogen) atoms. The first-order valence-electron chi connectivity index (χ1n) is 9.40. The van der Waals surface area contributed by atoms with Crippen molar-refractivity contribution in [3.05, 3.63) is 94.8 Å². The summed E-state index contributed by atoms with van der Waals surface area (Å²) in [6.45, 7) is 2.06. The number of aromatic amines is 1. The number of H-pyrrole nitrogens is 1. The normalized spacial score (nSPS) is 11.6. The highest BCUT2D eigenvalue weighted by molar-refractivity contribution is 7.71. The van der Waals surface area contributed by atoms with Crippen LogP contribution in [0, 0.1) is 11.7 Å². The second-order valence-electron chi connectivity index (χ2n) is 7.01. The Bertz CT molecular complexity index is 1370. The van der Waals surface area contributed by atoms with E-state index in [4.69, 9.17) is 17.3 Å². The summed E-state index contributed by atoms with van der Waals surface area (Å²) in [5.41, 5.74) is 3.22. The molecule has 4 aromatic carbocycles. The van der Waals surface area contributed by atoms with Gasteiger partial charge in [-0.1, -0.05) is 78.4 Å². The van der Waals surface area contributed by atoms with Crippen LogP contribution in [-0.4, -0.2) is 21.1 Å². The van der Waals surface area contributed by atoms with Gasteiger partial charge in [0.15, 0.2) is 5.82 Å². The summed E-state index contributed by atoms with van der Waals surface area (Å²) in [6.07, 6.45) is 1.88. The summed E-state index contributed by atoms with van der Waals surface area (Å²) in [5.74, 6) is 0.691. The minimum atomic E-state index is 0.460. The fourth-order valence-electron chi connectivity index (χ4n) is 3.59. The van der Waals surface area contributed by atoms with E-state index in [2.05, 4.69) is 83.9 Å². The molecule has 0 aliphatic heterocycles. The number of aromatic nitrogens is 3. The van der Waals surface area contributed by atoms with Gasteiger partial charge in [0.1, 0.15) is 0 Å². The Kier molecular flexibility index (Phi) is 4.30. The minimum Gasteiger partial charge on any atom is -0.250 e. The summed E-state index contributed by atoms with van der Waals surface area (Å²) >= 11 is 5.44. The zero-order valence-corrected chi connectivity index (χ0v) is 16.6. The molecular weight excluding hydrogens is 376 g/mol. The predicted molar refractivity (Wildman–Crippen MR) is 122 cm³/mol. The molecule has 4 nitrogen and oxygen atoms in total. The maximum atomic E-state index is 5.44. The van der Waals surface area contributed by atoms with E-state index in [0.29, 0.717) is 10.6 Å². The lowest BCUT2D eigenvalue weighted by Gasteiger charge is -2.08. The number of aryl methyl sites for hydroxylation is 1. The van der Waals surface area contributed by atoms with Crippen molar-refractivity contribution >= 4 is 40.0 Å². The molecule has 1 N–H and O–H groups in total. The van der Waals surface area contributed by atoms with Gasteiger partial charge in [-0.05, 0) is 46.8 Å². The highest BCUT2D eigenvalue weighted by Crippen LogP contribution is 2.27. The number of hydrogen-bond acceptors (Lipinski definition) is 3. The lowest BCUT2D eigenvalue weighted by atomic mass is 9.97. The van der Waals surface area contributed by atoms with Crippen LogP contribution >= 0.6 is 12.2 Å². The van der Waals surface area contributed by atoms with Gasteiger partial charge in [-0.3, -0.25) is 0 Å². The molecule has 5 heteroatoms. The van der Waals surface area contributed by atoms with Crippen molar-refractivity contribution in [1.82, 2.24) is 14.9 Å². The van der Waals surface area contributed by atoms with Crippen molar-refractivity contribution in [2.24, 2.45) is 5.10 Å². The van der Waals surface area contributed by atoms with Gasteiger partial charge in [-0.2, -0.15) is 14.9 Å². The van der Waals surface area contributed by atoms with Crippen molar-refractivity contribution in [3.8, 4) is 11.4 Å². The van der Waals surface area contributed by atoms with Crippen LogP contribution in [0.5, 0.6) is 0 Å². The van der Waals surface area contributed by atoms with E-state index < -0.39 is 0 Å². The second kappa shape index (κ2) is 7.11.